The number of carbonyl (C=O) groups is 1. The summed E-state index contributed by atoms with van der Waals surface area (Å²) >= 11 is 0. The van der Waals surface area contributed by atoms with Crippen molar-refractivity contribution in [1.82, 2.24) is 9.61 Å². The predicted octanol–water partition coefficient (Wildman–Crippen LogP) is 3.01. The third kappa shape index (κ3) is 3.93. The van der Waals surface area contributed by atoms with Crippen LogP contribution in [0.3, 0.4) is 0 Å². The van der Waals surface area contributed by atoms with Crippen LogP contribution in [0.2, 0.25) is 0 Å². The first-order chi connectivity index (χ1) is 13.9. The van der Waals surface area contributed by atoms with Crippen molar-refractivity contribution in [3.05, 3.63) is 65.5 Å². The van der Waals surface area contributed by atoms with Crippen molar-refractivity contribution in [2.75, 3.05) is 6.61 Å². The highest BCUT2D eigenvalue weighted by Gasteiger charge is 2.43. The van der Waals surface area contributed by atoms with Gasteiger partial charge in [0.1, 0.15) is 0 Å². The fourth-order valence-electron chi connectivity index (χ4n) is 3.45. The lowest BCUT2D eigenvalue weighted by Crippen LogP contribution is -2.34. The first kappa shape index (κ1) is 19.7. The third-order valence-corrected chi connectivity index (χ3v) is 5.43. The third-order valence-electron chi connectivity index (χ3n) is 5.43. The van der Waals surface area contributed by atoms with Gasteiger partial charge >= 0.3 is 13.1 Å². The number of esters is 1. The van der Waals surface area contributed by atoms with Gasteiger partial charge in [-0.3, -0.25) is 0 Å². The van der Waals surface area contributed by atoms with Crippen LogP contribution in [0.1, 0.15) is 49.3 Å². The van der Waals surface area contributed by atoms with Crippen molar-refractivity contribution in [2.45, 2.75) is 45.8 Å². The topological polar surface area (TPSA) is 62.1 Å². The second kappa shape index (κ2) is 7.65. The van der Waals surface area contributed by atoms with E-state index in [1.54, 1.807) is 11.4 Å². The molecule has 1 fully saturated rings. The molecule has 29 heavy (non-hydrogen) atoms. The first-order valence-corrected chi connectivity index (χ1v) is 9.94. The molecule has 150 valence electrons. The van der Waals surface area contributed by atoms with Crippen molar-refractivity contribution < 1.29 is 18.8 Å². The van der Waals surface area contributed by atoms with Crippen LogP contribution >= 0.6 is 0 Å². The lowest BCUT2D eigenvalue weighted by Gasteiger charge is -2.21. The van der Waals surface area contributed by atoms with Gasteiger partial charge in [-0.05, 0) is 68.9 Å². The number of ether oxygens (including phenoxy) is 1. The van der Waals surface area contributed by atoms with Gasteiger partial charge in [-0.15, -0.1) is 0 Å². The maximum Gasteiger partial charge on any atom is 0.494 e. The summed E-state index contributed by atoms with van der Waals surface area (Å²) in [5.74, 6) is -0.410. The molecule has 1 unspecified atom stereocenters. The van der Waals surface area contributed by atoms with Gasteiger partial charge < -0.3 is 14.0 Å². The Balaban J connectivity index is 1.57. The normalized spacial score (nSPS) is 18.3. The molecule has 7 heteroatoms. The molecule has 0 radical (unpaired) electrons. The van der Waals surface area contributed by atoms with E-state index in [4.69, 9.17) is 14.0 Å². The summed E-state index contributed by atoms with van der Waals surface area (Å²) in [5.41, 5.74) is 4.13. The van der Waals surface area contributed by atoms with Crippen molar-refractivity contribution in [2.24, 2.45) is 0 Å². The van der Waals surface area contributed by atoms with E-state index >= 15 is 0 Å². The first-order valence-electron chi connectivity index (χ1n) is 9.94. The van der Waals surface area contributed by atoms with E-state index in [0.29, 0.717) is 18.7 Å². The smallest absolute Gasteiger partial charge is 0.461 e. The Morgan fingerprint density at radius 1 is 1.28 bits per heavy atom. The average molecular weight is 392 g/mol. The minimum atomic E-state index is -0.410. The van der Waals surface area contributed by atoms with Gasteiger partial charge in [0.2, 0.25) is 0 Å². The Hall–Kier alpha value is -2.64. The molecule has 1 atom stereocenters. The number of carbonyl (C=O) groups excluding carboxylic acids is 1. The Morgan fingerprint density at radius 3 is 2.69 bits per heavy atom. The molecular formula is C22H25BN2O4. The van der Waals surface area contributed by atoms with E-state index in [0.717, 1.165) is 22.1 Å². The van der Waals surface area contributed by atoms with Gasteiger partial charge in [-0.1, -0.05) is 24.3 Å². The second-order valence-electron chi connectivity index (χ2n) is 7.86. The Kier molecular flexibility index (Phi) is 5.19. The van der Waals surface area contributed by atoms with Crippen LogP contribution in [0.4, 0.5) is 0 Å². The van der Waals surface area contributed by atoms with Gasteiger partial charge in [0.05, 0.1) is 23.8 Å². The van der Waals surface area contributed by atoms with E-state index in [-0.39, 0.29) is 18.8 Å². The summed E-state index contributed by atoms with van der Waals surface area (Å²) < 4.78 is 18.8. The van der Waals surface area contributed by atoms with E-state index < -0.39 is 5.97 Å². The molecule has 0 spiro atoms. The van der Waals surface area contributed by atoms with E-state index in [1.165, 1.54) is 0 Å². The SMILES string of the molecule is CCOC(=O)c1cc(Cc2ccc(B3OC(C)C(C)(C)O3)cc2)c2cccn2n1. The van der Waals surface area contributed by atoms with Crippen LogP contribution < -0.4 is 5.46 Å². The van der Waals surface area contributed by atoms with Crippen molar-refractivity contribution in [3.63, 3.8) is 0 Å². The van der Waals surface area contributed by atoms with Crippen LogP contribution in [-0.4, -0.2) is 41.0 Å². The van der Waals surface area contributed by atoms with E-state index in [9.17, 15) is 4.79 Å². The van der Waals surface area contributed by atoms with Gasteiger partial charge in [-0.25, -0.2) is 9.31 Å². The number of nitrogens with zero attached hydrogens (tertiary/aromatic N) is 2. The van der Waals surface area contributed by atoms with Crippen LogP contribution in [-0.2, 0) is 20.5 Å². The predicted molar refractivity (Wildman–Crippen MR) is 111 cm³/mol. The number of fused-ring (bicyclic) bond motifs is 1. The van der Waals surface area contributed by atoms with Crippen molar-refractivity contribution in [3.8, 4) is 0 Å². The van der Waals surface area contributed by atoms with E-state index in [2.05, 4.69) is 17.2 Å². The molecular weight excluding hydrogens is 367 g/mol. The zero-order valence-electron chi connectivity index (χ0n) is 17.2. The minimum Gasteiger partial charge on any atom is -0.461 e. The van der Waals surface area contributed by atoms with Gasteiger partial charge in [0.25, 0.3) is 0 Å². The molecule has 3 aromatic rings. The lowest BCUT2D eigenvalue weighted by molar-refractivity contribution is 0.0517. The van der Waals surface area contributed by atoms with Gasteiger partial charge in [0, 0.05) is 6.20 Å². The Morgan fingerprint density at radius 2 is 2.03 bits per heavy atom. The standard InChI is InChI=1S/C22H25BN2O4/c1-5-27-21(26)19-14-17(20-7-6-12-25(20)24-19)13-16-8-10-18(11-9-16)23-28-15(2)22(3,4)29-23/h6-12,14-15H,5,13H2,1-4H3. The molecule has 4 rings (SSSR count). The van der Waals surface area contributed by atoms with Crippen molar-refractivity contribution in [1.29, 1.82) is 0 Å². The van der Waals surface area contributed by atoms with Gasteiger partial charge in [0.15, 0.2) is 5.69 Å². The molecule has 3 heterocycles. The summed E-state index contributed by atoms with van der Waals surface area (Å²) in [5, 5.41) is 4.35. The zero-order valence-corrected chi connectivity index (χ0v) is 17.2. The highest BCUT2D eigenvalue weighted by atomic mass is 16.7. The van der Waals surface area contributed by atoms with Crippen LogP contribution in [0.15, 0.2) is 48.7 Å². The number of aromatic nitrogens is 2. The molecule has 1 aromatic carbocycles. The Bertz CT molecular complexity index is 1030. The van der Waals surface area contributed by atoms with Crippen molar-refractivity contribution >= 4 is 24.1 Å². The summed E-state index contributed by atoms with van der Waals surface area (Å²) in [7, 11) is -0.345. The molecule has 1 aliphatic heterocycles. The minimum absolute atomic E-state index is 0.0351. The second-order valence-corrected chi connectivity index (χ2v) is 7.86. The summed E-state index contributed by atoms with van der Waals surface area (Å²) in [6.07, 6.45) is 2.55. The molecule has 6 nitrogen and oxygen atoms in total. The highest BCUT2D eigenvalue weighted by molar-refractivity contribution is 6.62. The fraction of sp³-hybridized carbons (Fsp3) is 0.364. The largest absolute Gasteiger partial charge is 0.494 e. The van der Waals surface area contributed by atoms with Crippen LogP contribution in [0.5, 0.6) is 0 Å². The monoisotopic (exact) mass is 392 g/mol. The lowest BCUT2D eigenvalue weighted by atomic mass is 9.78. The zero-order chi connectivity index (χ0) is 20.6. The molecule has 2 aromatic heterocycles. The number of hydrogen-bond acceptors (Lipinski definition) is 5. The highest BCUT2D eigenvalue weighted by Crippen LogP contribution is 2.27. The molecule has 0 saturated carbocycles. The van der Waals surface area contributed by atoms with Crippen LogP contribution in [0.25, 0.3) is 5.52 Å². The molecule has 1 aliphatic rings. The van der Waals surface area contributed by atoms with E-state index in [1.807, 2.05) is 57.3 Å². The van der Waals surface area contributed by atoms with Crippen LogP contribution in [0, 0.1) is 0 Å². The fourth-order valence-corrected chi connectivity index (χ4v) is 3.45. The molecule has 1 saturated heterocycles. The molecule has 0 N–H and O–H groups in total. The molecule has 0 amide bonds. The quantitative estimate of drug-likeness (QED) is 0.494. The summed E-state index contributed by atoms with van der Waals surface area (Å²) in [6.45, 7) is 8.22. The van der Waals surface area contributed by atoms with Gasteiger partial charge in [-0.2, -0.15) is 5.10 Å². The molecule has 0 aliphatic carbocycles. The number of benzene rings is 1. The number of rotatable bonds is 5. The maximum atomic E-state index is 12.2. The average Bonchev–Trinajstić information content (AvgIpc) is 3.27. The maximum absolute atomic E-state index is 12.2. The number of hydrogen-bond donors (Lipinski definition) is 0. The molecule has 0 bridgehead atoms. The Labute approximate surface area is 170 Å². The summed E-state index contributed by atoms with van der Waals surface area (Å²) in [4.78, 5) is 12.2. The summed E-state index contributed by atoms with van der Waals surface area (Å²) in [6, 6.07) is 13.9.